The monoisotopic (exact) mass is 569 g/mol. The van der Waals surface area contributed by atoms with Gasteiger partial charge in [0.25, 0.3) is 10.0 Å². The number of aryl methyl sites for hydroxylation is 2. The van der Waals surface area contributed by atoms with Crippen LogP contribution in [0, 0.1) is 13.8 Å². The van der Waals surface area contributed by atoms with Gasteiger partial charge in [-0.2, -0.15) is 0 Å². The summed E-state index contributed by atoms with van der Waals surface area (Å²) in [4.78, 5) is 28.5. The Hall–Kier alpha value is -3.36. The zero-order chi connectivity index (χ0) is 28.7. The van der Waals surface area contributed by atoms with Crippen molar-refractivity contribution >= 4 is 39.1 Å². The smallest absolute Gasteiger partial charge is 0.264 e. The Balaban J connectivity index is 2.02. The second kappa shape index (κ2) is 13.1. The number of amides is 2. The van der Waals surface area contributed by atoms with E-state index in [2.05, 4.69) is 5.32 Å². The van der Waals surface area contributed by atoms with Gasteiger partial charge in [-0.3, -0.25) is 13.9 Å². The normalized spacial score (nSPS) is 12.9. The van der Waals surface area contributed by atoms with Gasteiger partial charge in [0.1, 0.15) is 12.6 Å². The number of hydrogen-bond acceptors (Lipinski definition) is 4. The predicted octanol–water partition coefficient (Wildman–Crippen LogP) is 5.48. The van der Waals surface area contributed by atoms with E-state index >= 15 is 0 Å². The zero-order valence-electron chi connectivity index (χ0n) is 23.0. The second-order valence-electron chi connectivity index (χ2n) is 9.81. The van der Waals surface area contributed by atoms with Crippen LogP contribution in [0.2, 0.25) is 5.02 Å². The van der Waals surface area contributed by atoms with E-state index in [9.17, 15) is 18.0 Å². The van der Waals surface area contributed by atoms with Gasteiger partial charge in [0.05, 0.1) is 10.6 Å². The highest BCUT2D eigenvalue weighted by molar-refractivity contribution is 7.92. The first kappa shape index (κ1) is 30.2. The molecule has 0 aliphatic carbocycles. The lowest BCUT2D eigenvalue weighted by Gasteiger charge is -2.32. The van der Waals surface area contributed by atoms with Crippen LogP contribution in [0.5, 0.6) is 0 Å². The number of anilines is 1. The van der Waals surface area contributed by atoms with Crippen LogP contribution >= 0.6 is 11.6 Å². The molecule has 9 heteroatoms. The van der Waals surface area contributed by atoms with Crippen molar-refractivity contribution in [3.8, 4) is 0 Å². The highest BCUT2D eigenvalue weighted by Crippen LogP contribution is 2.26. The summed E-state index contributed by atoms with van der Waals surface area (Å²) >= 11 is 6.05. The summed E-state index contributed by atoms with van der Waals surface area (Å²) in [5, 5.41) is 3.48. The fourth-order valence-corrected chi connectivity index (χ4v) is 5.52. The lowest BCUT2D eigenvalue weighted by Crippen LogP contribution is -2.52. The maximum Gasteiger partial charge on any atom is 0.264 e. The molecule has 0 bridgehead atoms. The molecular formula is C30H36ClN3O4S. The van der Waals surface area contributed by atoms with Gasteiger partial charge in [-0.05, 0) is 81.6 Å². The zero-order valence-corrected chi connectivity index (χ0v) is 24.6. The van der Waals surface area contributed by atoms with E-state index in [0.717, 1.165) is 27.4 Å². The Morgan fingerprint density at radius 1 is 0.923 bits per heavy atom. The summed E-state index contributed by atoms with van der Waals surface area (Å²) < 4.78 is 28.8. The molecule has 0 saturated heterocycles. The number of carbonyl (C=O) groups is 2. The molecule has 0 heterocycles. The molecule has 0 saturated carbocycles. The van der Waals surface area contributed by atoms with Crippen molar-refractivity contribution in [2.75, 3.05) is 10.8 Å². The lowest BCUT2D eigenvalue weighted by molar-refractivity contribution is -0.139. The summed E-state index contributed by atoms with van der Waals surface area (Å²) in [6, 6.07) is 19.6. The first-order valence-electron chi connectivity index (χ1n) is 12.9. The number of benzene rings is 3. The number of hydrogen-bond donors (Lipinski definition) is 1. The molecule has 39 heavy (non-hydrogen) atoms. The van der Waals surface area contributed by atoms with Crippen LogP contribution in [0.4, 0.5) is 5.69 Å². The largest absolute Gasteiger partial charge is 0.352 e. The van der Waals surface area contributed by atoms with Crippen LogP contribution < -0.4 is 9.62 Å². The topological polar surface area (TPSA) is 86.8 Å². The highest BCUT2D eigenvalue weighted by Gasteiger charge is 2.32. The molecule has 1 N–H and O–H groups in total. The third kappa shape index (κ3) is 7.83. The van der Waals surface area contributed by atoms with Gasteiger partial charge < -0.3 is 10.2 Å². The number of halogens is 1. The minimum Gasteiger partial charge on any atom is -0.352 e. The van der Waals surface area contributed by atoms with Crippen molar-refractivity contribution < 1.29 is 18.0 Å². The van der Waals surface area contributed by atoms with Crippen molar-refractivity contribution in [2.45, 2.75) is 64.6 Å². The molecule has 0 aliphatic heterocycles. The molecular weight excluding hydrogens is 534 g/mol. The third-order valence-electron chi connectivity index (χ3n) is 6.61. The highest BCUT2D eigenvalue weighted by atomic mass is 35.5. The third-order valence-corrected chi connectivity index (χ3v) is 8.65. The van der Waals surface area contributed by atoms with E-state index in [0.29, 0.717) is 10.7 Å². The quantitative estimate of drug-likeness (QED) is 0.331. The van der Waals surface area contributed by atoms with E-state index in [1.54, 1.807) is 61.5 Å². The van der Waals surface area contributed by atoms with Crippen molar-refractivity contribution in [3.63, 3.8) is 0 Å². The summed E-state index contributed by atoms with van der Waals surface area (Å²) in [7, 11) is -4.10. The number of nitrogens with one attached hydrogen (secondary N) is 1. The van der Waals surface area contributed by atoms with Gasteiger partial charge in [-0.25, -0.2) is 8.42 Å². The second-order valence-corrected chi connectivity index (χ2v) is 12.1. The predicted molar refractivity (Wildman–Crippen MR) is 156 cm³/mol. The van der Waals surface area contributed by atoms with Crippen LogP contribution in [-0.2, 0) is 26.2 Å². The van der Waals surface area contributed by atoms with Gasteiger partial charge in [-0.1, -0.05) is 60.5 Å². The van der Waals surface area contributed by atoms with E-state index in [1.807, 2.05) is 33.8 Å². The molecule has 0 unspecified atom stereocenters. The molecule has 0 fully saturated rings. The molecule has 0 spiro atoms. The fourth-order valence-electron chi connectivity index (χ4n) is 3.98. The first-order chi connectivity index (χ1) is 18.4. The van der Waals surface area contributed by atoms with Crippen LogP contribution in [0.25, 0.3) is 0 Å². The number of nitrogens with zero attached hydrogens (tertiary/aromatic N) is 2. The molecule has 3 aromatic carbocycles. The van der Waals surface area contributed by atoms with Crippen LogP contribution in [0.15, 0.2) is 77.7 Å². The van der Waals surface area contributed by atoms with Crippen molar-refractivity contribution in [2.24, 2.45) is 0 Å². The van der Waals surface area contributed by atoms with Crippen LogP contribution in [-0.4, -0.2) is 43.8 Å². The lowest BCUT2D eigenvalue weighted by atomic mass is 10.1. The molecule has 0 aliphatic rings. The summed E-state index contributed by atoms with van der Waals surface area (Å²) in [5.41, 5.74) is 2.90. The average Bonchev–Trinajstić information content (AvgIpc) is 2.90. The Kier molecular flexibility index (Phi) is 10.2. The van der Waals surface area contributed by atoms with Gasteiger partial charge in [-0.15, -0.1) is 0 Å². The SMILES string of the molecule is CC[C@@H](C)NC(=O)[C@H](C)N(Cc1ccc(Cl)cc1)C(=O)CN(c1cccc(C)c1)S(=O)(=O)c1ccc(C)cc1. The Morgan fingerprint density at radius 3 is 2.15 bits per heavy atom. The van der Waals surface area contributed by atoms with Gasteiger partial charge >= 0.3 is 0 Å². The molecule has 3 rings (SSSR count). The molecule has 7 nitrogen and oxygen atoms in total. The average molecular weight is 570 g/mol. The molecule has 2 amide bonds. The molecule has 2 atom stereocenters. The Morgan fingerprint density at radius 2 is 1.56 bits per heavy atom. The number of rotatable bonds is 11. The van der Waals surface area contributed by atoms with E-state index < -0.39 is 28.5 Å². The van der Waals surface area contributed by atoms with Gasteiger partial charge in [0.15, 0.2) is 0 Å². The maximum absolute atomic E-state index is 13.9. The van der Waals surface area contributed by atoms with Crippen LogP contribution in [0.1, 0.15) is 43.9 Å². The van der Waals surface area contributed by atoms with E-state index in [4.69, 9.17) is 11.6 Å². The first-order valence-corrected chi connectivity index (χ1v) is 14.7. The van der Waals surface area contributed by atoms with Gasteiger partial charge in [0.2, 0.25) is 11.8 Å². The molecule has 0 aromatic heterocycles. The summed E-state index contributed by atoms with van der Waals surface area (Å²) in [6.07, 6.45) is 0.736. The fraction of sp³-hybridized carbons (Fsp3) is 0.333. The van der Waals surface area contributed by atoms with Gasteiger partial charge in [0, 0.05) is 17.6 Å². The Labute approximate surface area is 236 Å². The van der Waals surface area contributed by atoms with Crippen molar-refractivity contribution in [1.29, 1.82) is 0 Å². The summed E-state index contributed by atoms with van der Waals surface area (Å²) in [6.45, 7) is 8.86. The van der Waals surface area contributed by atoms with Crippen molar-refractivity contribution in [1.82, 2.24) is 10.2 Å². The maximum atomic E-state index is 13.9. The summed E-state index contributed by atoms with van der Waals surface area (Å²) in [5.74, 6) is -0.816. The standard InChI is InChI=1S/C30H36ClN3O4S/c1-6-23(4)32-30(36)24(5)33(19-25-12-14-26(31)15-13-25)29(35)20-34(27-9-7-8-22(3)18-27)39(37,38)28-16-10-21(2)11-17-28/h7-18,23-24H,6,19-20H2,1-5H3,(H,32,36)/t23-,24+/m1/s1. The number of sulfonamides is 1. The molecule has 208 valence electrons. The van der Waals surface area contributed by atoms with Crippen molar-refractivity contribution in [3.05, 3.63) is 94.5 Å². The molecule has 0 radical (unpaired) electrons. The van der Waals surface area contributed by atoms with E-state index in [-0.39, 0.29) is 23.4 Å². The molecule has 3 aromatic rings. The van der Waals surface area contributed by atoms with Crippen LogP contribution in [0.3, 0.4) is 0 Å². The minimum atomic E-state index is -4.10. The van der Waals surface area contributed by atoms with E-state index in [1.165, 1.54) is 17.0 Å². The Bertz CT molecular complexity index is 1390. The number of carbonyl (C=O) groups excluding carboxylic acids is 2. The minimum absolute atomic E-state index is 0.0712.